The predicted octanol–water partition coefficient (Wildman–Crippen LogP) is 6.35. The van der Waals surface area contributed by atoms with Gasteiger partial charge in [0.2, 0.25) is 0 Å². The standard InChI is InChI=1S/C11H15N3O.C11H14O2/c1-11(2,3)15-10-6-4-9(5-7-10)8-13-14-12;1-11(2,3)13-10-6-4-9(8-12)5-7-10/h4-7H,8H2,1-3H3;4-8H,1-3H3. The van der Waals surface area contributed by atoms with E-state index in [0.29, 0.717) is 12.1 Å². The van der Waals surface area contributed by atoms with Gasteiger partial charge in [-0.2, -0.15) is 0 Å². The molecule has 0 heterocycles. The van der Waals surface area contributed by atoms with Crippen LogP contribution >= 0.6 is 0 Å². The third-order valence-electron chi connectivity index (χ3n) is 3.10. The number of carbonyl (C=O) groups is 1. The van der Waals surface area contributed by atoms with Crippen LogP contribution in [0.3, 0.4) is 0 Å². The van der Waals surface area contributed by atoms with Gasteiger partial charge in [-0.25, -0.2) is 0 Å². The van der Waals surface area contributed by atoms with Gasteiger partial charge in [0.1, 0.15) is 29.0 Å². The van der Waals surface area contributed by atoms with Crippen molar-refractivity contribution in [3.63, 3.8) is 0 Å². The quantitative estimate of drug-likeness (QED) is 0.261. The minimum Gasteiger partial charge on any atom is -0.488 e. The van der Waals surface area contributed by atoms with Crippen molar-refractivity contribution in [1.29, 1.82) is 0 Å². The maximum Gasteiger partial charge on any atom is 0.150 e. The molecule has 0 amide bonds. The molecule has 0 aliphatic carbocycles. The molecule has 0 aliphatic heterocycles. The van der Waals surface area contributed by atoms with E-state index < -0.39 is 0 Å². The van der Waals surface area contributed by atoms with Crippen molar-refractivity contribution in [1.82, 2.24) is 0 Å². The Kier molecular flexibility index (Phi) is 8.55. The largest absolute Gasteiger partial charge is 0.488 e. The van der Waals surface area contributed by atoms with Gasteiger partial charge in [0.15, 0.2) is 0 Å². The summed E-state index contributed by atoms with van der Waals surface area (Å²) in [4.78, 5) is 13.1. The van der Waals surface area contributed by atoms with E-state index in [1.165, 1.54) is 0 Å². The van der Waals surface area contributed by atoms with Crippen LogP contribution in [0.25, 0.3) is 10.4 Å². The first-order valence-corrected chi connectivity index (χ1v) is 9.05. The molecule has 150 valence electrons. The Hall–Kier alpha value is -2.98. The van der Waals surface area contributed by atoms with E-state index in [4.69, 9.17) is 15.0 Å². The van der Waals surface area contributed by atoms with E-state index in [1.807, 2.05) is 65.8 Å². The third-order valence-corrected chi connectivity index (χ3v) is 3.10. The molecule has 6 nitrogen and oxygen atoms in total. The van der Waals surface area contributed by atoms with Crippen molar-refractivity contribution >= 4 is 6.29 Å². The van der Waals surface area contributed by atoms with Gasteiger partial charge in [0.25, 0.3) is 0 Å². The summed E-state index contributed by atoms with van der Waals surface area (Å²) in [6, 6.07) is 14.7. The van der Waals surface area contributed by atoms with Crippen LogP contribution in [0.5, 0.6) is 11.5 Å². The highest BCUT2D eigenvalue weighted by molar-refractivity contribution is 5.74. The van der Waals surface area contributed by atoms with Gasteiger partial charge in [-0.05, 0) is 89.0 Å². The molecule has 0 aromatic heterocycles. The molecule has 2 aromatic rings. The fraction of sp³-hybridized carbons (Fsp3) is 0.409. The summed E-state index contributed by atoms with van der Waals surface area (Å²) in [5.74, 6) is 1.62. The molecule has 0 atom stereocenters. The fourth-order valence-electron chi connectivity index (χ4n) is 2.10. The molecule has 0 unspecified atom stereocenters. The molecule has 2 rings (SSSR count). The summed E-state index contributed by atoms with van der Waals surface area (Å²) in [5.41, 5.74) is 9.44. The average molecular weight is 383 g/mol. The van der Waals surface area contributed by atoms with Gasteiger partial charge in [-0.15, -0.1) is 0 Å². The highest BCUT2D eigenvalue weighted by Crippen LogP contribution is 2.19. The highest BCUT2D eigenvalue weighted by Gasteiger charge is 2.11. The SMILES string of the molecule is CC(C)(C)Oc1ccc(C=O)cc1.CC(C)(C)Oc1ccc(CN=[N+]=[N-])cc1. The minimum absolute atomic E-state index is 0.188. The number of hydrogen-bond donors (Lipinski definition) is 0. The Morgan fingerprint density at radius 2 is 1.29 bits per heavy atom. The lowest BCUT2D eigenvalue weighted by Crippen LogP contribution is -2.22. The topological polar surface area (TPSA) is 84.3 Å². The van der Waals surface area contributed by atoms with Crippen molar-refractivity contribution in [3.05, 3.63) is 70.1 Å². The molecular formula is C22H29N3O3. The van der Waals surface area contributed by atoms with Crippen molar-refractivity contribution in [2.24, 2.45) is 5.11 Å². The van der Waals surface area contributed by atoms with Crippen LogP contribution in [0.1, 0.15) is 57.5 Å². The maximum atomic E-state index is 10.4. The van der Waals surface area contributed by atoms with Crippen LogP contribution in [-0.2, 0) is 6.54 Å². The zero-order valence-electron chi connectivity index (χ0n) is 17.5. The number of carbonyl (C=O) groups excluding carboxylic acids is 1. The van der Waals surface area contributed by atoms with Crippen LogP contribution < -0.4 is 9.47 Å². The molecule has 0 N–H and O–H groups in total. The number of aldehydes is 1. The first kappa shape index (κ1) is 23.1. The lowest BCUT2D eigenvalue weighted by molar-refractivity contribution is 0.112. The number of azide groups is 1. The van der Waals surface area contributed by atoms with E-state index in [0.717, 1.165) is 23.3 Å². The first-order valence-electron chi connectivity index (χ1n) is 9.05. The molecule has 6 heteroatoms. The number of nitrogens with zero attached hydrogens (tertiary/aromatic N) is 3. The zero-order chi connectivity index (χ0) is 21.2. The molecule has 0 radical (unpaired) electrons. The summed E-state index contributed by atoms with van der Waals surface area (Å²) in [7, 11) is 0. The lowest BCUT2D eigenvalue weighted by atomic mass is 10.2. The highest BCUT2D eigenvalue weighted by atomic mass is 16.5. The molecule has 0 saturated carbocycles. The van der Waals surface area contributed by atoms with Gasteiger partial charge in [0.05, 0.1) is 6.54 Å². The number of hydrogen-bond acceptors (Lipinski definition) is 4. The molecule has 28 heavy (non-hydrogen) atoms. The van der Waals surface area contributed by atoms with Crippen molar-refractivity contribution in [2.75, 3.05) is 0 Å². The number of ether oxygens (including phenoxy) is 2. The molecule has 0 fully saturated rings. The lowest BCUT2D eigenvalue weighted by Gasteiger charge is -2.21. The van der Waals surface area contributed by atoms with Crippen LogP contribution in [-0.4, -0.2) is 17.5 Å². The van der Waals surface area contributed by atoms with Crippen LogP contribution in [0, 0.1) is 0 Å². The van der Waals surface area contributed by atoms with Gasteiger partial charge in [0, 0.05) is 10.5 Å². The molecule has 0 spiro atoms. The fourth-order valence-corrected chi connectivity index (χ4v) is 2.10. The third kappa shape index (κ3) is 10.2. The Bertz CT molecular complexity index is 780. The van der Waals surface area contributed by atoms with E-state index in [9.17, 15) is 4.79 Å². The van der Waals surface area contributed by atoms with Crippen molar-refractivity contribution in [2.45, 2.75) is 59.3 Å². The van der Waals surface area contributed by atoms with E-state index >= 15 is 0 Å². The van der Waals surface area contributed by atoms with Gasteiger partial charge in [-0.3, -0.25) is 4.79 Å². The molecule has 2 aromatic carbocycles. The second-order valence-electron chi connectivity index (χ2n) is 8.15. The molecule has 0 aliphatic rings. The second kappa shape index (κ2) is 10.4. The summed E-state index contributed by atoms with van der Waals surface area (Å²) in [6.07, 6.45) is 0.820. The van der Waals surface area contributed by atoms with Gasteiger partial charge >= 0.3 is 0 Å². The smallest absolute Gasteiger partial charge is 0.150 e. The average Bonchev–Trinajstić information content (AvgIpc) is 2.60. The Morgan fingerprint density at radius 3 is 1.64 bits per heavy atom. The van der Waals surface area contributed by atoms with Crippen LogP contribution in [0.4, 0.5) is 0 Å². The maximum absolute atomic E-state index is 10.4. The molecule has 0 saturated heterocycles. The van der Waals surface area contributed by atoms with Crippen LogP contribution in [0.2, 0.25) is 0 Å². The number of benzene rings is 2. The Morgan fingerprint density at radius 1 is 0.857 bits per heavy atom. The summed E-state index contributed by atoms with van der Waals surface area (Å²) < 4.78 is 11.2. The van der Waals surface area contributed by atoms with E-state index in [2.05, 4.69) is 10.0 Å². The van der Waals surface area contributed by atoms with Crippen molar-refractivity contribution in [3.8, 4) is 11.5 Å². The zero-order valence-corrected chi connectivity index (χ0v) is 17.5. The van der Waals surface area contributed by atoms with Crippen LogP contribution in [0.15, 0.2) is 53.6 Å². The monoisotopic (exact) mass is 383 g/mol. The summed E-state index contributed by atoms with van der Waals surface area (Å²) >= 11 is 0. The predicted molar refractivity (Wildman–Crippen MR) is 112 cm³/mol. The minimum atomic E-state index is -0.192. The second-order valence-corrected chi connectivity index (χ2v) is 8.15. The normalized spacial score (nSPS) is 10.8. The van der Waals surface area contributed by atoms with E-state index in [-0.39, 0.29) is 11.2 Å². The Labute approximate surface area is 167 Å². The summed E-state index contributed by atoms with van der Waals surface area (Å²) in [5, 5.41) is 3.49. The van der Waals surface area contributed by atoms with Gasteiger partial charge in [-0.1, -0.05) is 17.2 Å². The van der Waals surface area contributed by atoms with Gasteiger partial charge < -0.3 is 9.47 Å². The van der Waals surface area contributed by atoms with E-state index in [1.54, 1.807) is 24.3 Å². The molecular weight excluding hydrogens is 354 g/mol. The number of rotatable bonds is 5. The Balaban J connectivity index is 0.000000283. The molecule has 0 bridgehead atoms. The first-order chi connectivity index (χ1) is 13.0. The van der Waals surface area contributed by atoms with Crippen molar-refractivity contribution < 1.29 is 14.3 Å². The summed E-state index contributed by atoms with van der Waals surface area (Å²) in [6.45, 7) is 12.3.